The molecule has 2 atom stereocenters. The quantitative estimate of drug-likeness (QED) is 0.682. The van der Waals surface area contributed by atoms with Gasteiger partial charge in [-0.2, -0.15) is 0 Å². The number of benzene rings is 2. The Bertz CT molecular complexity index is 924. The van der Waals surface area contributed by atoms with Crippen LogP contribution in [0.1, 0.15) is 48.5 Å². The predicted octanol–water partition coefficient (Wildman–Crippen LogP) is 5.08. The number of nitrogens with one attached hydrogen (secondary N) is 1. The monoisotopic (exact) mass is 360 g/mol. The molecule has 1 aliphatic heterocycles. The number of rotatable bonds is 4. The van der Waals surface area contributed by atoms with Crippen molar-refractivity contribution in [3.05, 3.63) is 65.2 Å². The number of hydrogen-bond donors (Lipinski definition) is 2. The lowest BCUT2D eigenvalue weighted by molar-refractivity contribution is 0.146. The van der Waals surface area contributed by atoms with Gasteiger partial charge in [0.05, 0.1) is 17.3 Å². The Balaban J connectivity index is 1.76. The third-order valence-corrected chi connectivity index (χ3v) is 5.54. The zero-order chi connectivity index (χ0) is 18.8. The Labute approximate surface area is 161 Å². The maximum atomic E-state index is 11.1. The highest BCUT2D eigenvalue weighted by atomic mass is 16.3. The third kappa shape index (κ3) is 4.05. The SMILES string of the molecule is Cc1cc(C)cc(-c2cc(C(O)CC3CCCCN3)c3ccccc3n2)c1. The fourth-order valence-corrected chi connectivity index (χ4v) is 4.27. The van der Waals surface area contributed by atoms with Crippen LogP contribution in [-0.2, 0) is 0 Å². The average Bonchev–Trinajstić information content (AvgIpc) is 2.67. The Morgan fingerprint density at radius 1 is 1.07 bits per heavy atom. The second-order valence-electron chi connectivity index (χ2n) is 7.89. The number of fused-ring (bicyclic) bond motifs is 1. The van der Waals surface area contributed by atoms with E-state index in [2.05, 4.69) is 49.5 Å². The molecule has 0 bridgehead atoms. The number of aliphatic hydroxyl groups excluding tert-OH is 1. The molecule has 3 aromatic rings. The normalized spacial score (nSPS) is 18.6. The number of aliphatic hydroxyl groups is 1. The van der Waals surface area contributed by atoms with Crippen molar-refractivity contribution in [2.75, 3.05) is 6.54 Å². The summed E-state index contributed by atoms with van der Waals surface area (Å²) >= 11 is 0. The van der Waals surface area contributed by atoms with Gasteiger partial charge in [-0.1, -0.05) is 41.8 Å². The molecule has 3 nitrogen and oxygen atoms in total. The van der Waals surface area contributed by atoms with E-state index < -0.39 is 6.10 Å². The van der Waals surface area contributed by atoms with Crippen molar-refractivity contribution in [1.82, 2.24) is 10.3 Å². The molecule has 140 valence electrons. The standard InChI is InChI=1S/C24H28N2O/c1-16-11-17(2)13-18(12-16)23-15-21(20-8-3-4-9-22(20)26-23)24(27)14-19-7-5-6-10-25-19/h3-4,8-9,11-13,15,19,24-25,27H,5-7,10,14H2,1-2H3. The van der Waals surface area contributed by atoms with Crippen LogP contribution in [0, 0.1) is 13.8 Å². The van der Waals surface area contributed by atoms with Crippen molar-refractivity contribution in [2.24, 2.45) is 0 Å². The molecule has 2 N–H and O–H groups in total. The first-order chi connectivity index (χ1) is 13.1. The summed E-state index contributed by atoms with van der Waals surface area (Å²) in [7, 11) is 0. The molecule has 4 rings (SSSR count). The highest BCUT2D eigenvalue weighted by Crippen LogP contribution is 2.32. The number of nitrogens with zero attached hydrogens (tertiary/aromatic N) is 1. The maximum absolute atomic E-state index is 11.1. The Kier molecular flexibility index (Phi) is 5.24. The van der Waals surface area contributed by atoms with Crippen molar-refractivity contribution in [2.45, 2.75) is 51.7 Å². The van der Waals surface area contributed by atoms with E-state index in [9.17, 15) is 5.11 Å². The minimum atomic E-state index is -0.488. The Hall–Kier alpha value is -2.23. The van der Waals surface area contributed by atoms with Crippen LogP contribution < -0.4 is 5.32 Å². The number of para-hydroxylation sites is 1. The molecular weight excluding hydrogens is 332 g/mol. The van der Waals surface area contributed by atoms with Crippen molar-refractivity contribution in [3.8, 4) is 11.3 Å². The van der Waals surface area contributed by atoms with Crippen LogP contribution in [0.3, 0.4) is 0 Å². The summed E-state index contributed by atoms with van der Waals surface area (Å²) in [6.45, 7) is 5.28. The molecule has 27 heavy (non-hydrogen) atoms. The van der Waals surface area contributed by atoms with Gasteiger partial charge in [0.15, 0.2) is 0 Å². The molecular formula is C24H28N2O. The summed E-state index contributed by atoms with van der Waals surface area (Å²) < 4.78 is 0. The second-order valence-corrected chi connectivity index (χ2v) is 7.89. The summed E-state index contributed by atoms with van der Waals surface area (Å²) in [4.78, 5) is 4.89. The third-order valence-electron chi connectivity index (χ3n) is 5.54. The zero-order valence-electron chi connectivity index (χ0n) is 16.2. The molecule has 3 heteroatoms. The van der Waals surface area contributed by atoms with Gasteiger partial charge < -0.3 is 10.4 Å². The van der Waals surface area contributed by atoms with Crippen LogP contribution in [0.15, 0.2) is 48.5 Å². The fourth-order valence-electron chi connectivity index (χ4n) is 4.27. The lowest BCUT2D eigenvalue weighted by Crippen LogP contribution is -2.35. The van der Waals surface area contributed by atoms with E-state index in [4.69, 9.17) is 4.98 Å². The Morgan fingerprint density at radius 2 is 1.85 bits per heavy atom. The van der Waals surface area contributed by atoms with E-state index in [-0.39, 0.29) is 0 Å². The molecule has 2 heterocycles. The van der Waals surface area contributed by atoms with Gasteiger partial charge in [0.1, 0.15) is 0 Å². The first-order valence-electron chi connectivity index (χ1n) is 10.00. The van der Waals surface area contributed by atoms with E-state index in [1.54, 1.807) is 0 Å². The molecule has 0 amide bonds. The highest BCUT2D eigenvalue weighted by molar-refractivity contribution is 5.85. The number of aryl methyl sites for hydroxylation is 2. The van der Waals surface area contributed by atoms with Gasteiger partial charge in [-0.3, -0.25) is 0 Å². The second kappa shape index (κ2) is 7.79. The lowest BCUT2D eigenvalue weighted by atomic mass is 9.93. The van der Waals surface area contributed by atoms with Crippen LogP contribution >= 0.6 is 0 Å². The van der Waals surface area contributed by atoms with Crippen LogP contribution in [0.25, 0.3) is 22.2 Å². The predicted molar refractivity (Wildman–Crippen MR) is 112 cm³/mol. The smallest absolute Gasteiger partial charge is 0.0812 e. The van der Waals surface area contributed by atoms with Gasteiger partial charge in [-0.05, 0) is 69.5 Å². The van der Waals surface area contributed by atoms with Crippen molar-refractivity contribution < 1.29 is 5.11 Å². The first-order valence-corrected chi connectivity index (χ1v) is 10.00. The summed E-state index contributed by atoms with van der Waals surface area (Å²) in [5.41, 5.74) is 6.44. The Morgan fingerprint density at radius 3 is 2.59 bits per heavy atom. The molecule has 2 unspecified atom stereocenters. The zero-order valence-corrected chi connectivity index (χ0v) is 16.2. The fraction of sp³-hybridized carbons (Fsp3) is 0.375. The van der Waals surface area contributed by atoms with E-state index in [0.717, 1.165) is 47.1 Å². The number of aromatic nitrogens is 1. The molecule has 1 saturated heterocycles. The van der Waals surface area contributed by atoms with Crippen LogP contribution in [0.4, 0.5) is 0 Å². The van der Waals surface area contributed by atoms with Gasteiger partial charge in [-0.15, -0.1) is 0 Å². The van der Waals surface area contributed by atoms with E-state index in [1.807, 2.05) is 18.2 Å². The molecule has 0 spiro atoms. The topological polar surface area (TPSA) is 45.1 Å². The van der Waals surface area contributed by atoms with Crippen LogP contribution in [0.5, 0.6) is 0 Å². The number of hydrogen-bond acceptors (Lipinski definition) is 3. The molecule has 0 radical (unpaired) electrons. The summed E-state index contributed by atoms with van der Waals surface area (Å²) in [5, 5.41) is 15.7. The summed E-state index contributed by atoms with van der Waals surface area (Å²) in [6, 6.07) is 17.1. The molecule has 1 fully saturated rings. The number of piperidine rings is 1. The van der Waals surface area contributed by atoms with Gasteiger partial charge in [0.2, 0.25) is 0 Å². The summed E-state index contributed by atoms with van der Waals surface area (Å²) in [6.07, 6.45) is 3.89. The molecule has 2 aromatic carbocycles. The van der Waals surface area contributed by atoms with Gasteiger partial charge in [0, 0.05) is 17.0 Å². The van der Waals surface area contributed by atoms with Gasteiger partial charge in [0.25, 0.3) is 0 Å². The molecule has 0 saturated carbocycles. The lowest BCUT2D eigenvalue weighted by Gasteiger charge is -2.26. The average molecular weight is 361 g/mol. The van der Waals surface area contributed by atoms with Gasteiger partial charge >= 0.3 is 0 Å². The summed E-state index contributed by atoms with van der Waals surface area (Å²) in [5.74, 6) is 0. The minimum Gasteiger partial charge on any atom is -0.388 e. The van der Waals surface area contributed by atoms with E-state index in [0.29, 0.717) is 6.04 Å². The molecule has 0 aliphatic carbocycles. The van der Waals surface area contributed by atoms with Crippen LogP contribution in [0.2, 0.25) is 0 Å². The van der Waals surface area contributed by atoms with Crippen molar-refractivity contribution in [3.63, 3.8) is 0 Å². The largest absolute Gasteiger partial charge is 0.388 e. The molecule has 1 aromatic heterocycles. The first kappa shape index (κ1) is 18.1. The van der Waals surface area contributed by atoms with Crippen LogP contribution in [-0.4, -0.2) is 22.7 Å². The van der Waals surface area contributed by atoms with E-state index in [1.165, 1.54) is 24.0 Å². The van der Waals surface area contributed by atoms with E-state index >= 15 is 0 Å². The maximum Gasteiger partial charge on any atom is 0.0812 e. The van der Waals surface area contributed by atoms with Crippen molar-refractivity contribution >= 4 is 10.9 Å². The van der Waals surface area contributed by atoms with Gasteiger partial charge in [-0.25, -0.2) is 4.98 Å². The minimum absolute atomic E-state index is 0.394. The number of pyridine rings is 1. The molecule has 1 aliphatic rings. The van der Waals surface area contributed by atoms with Crippen molar-refractivity contribution in [1.29, 1.82) is 0 Å². The highest BCUT2D eigenvalue weighted by Gasteiger charge is 2.20.